The van der Waals surface area contributed by atoms with Gasteiger partial charge >= 0.3 is 6.09 Å². The maximum atomic E-state index is 12.1. The molecule has 2 N–H and O–H groups in total. The number of aliphatic hydroxyl groups is 1. The van der Waals surface area contributed by atoms with Gasteiger partial charge in [-0.05, 0) is 44.5 Å². The lowest BCUT2D eigenvalue weighted by Gasteiger charge is -2.38. The van der Waals surface area contributed by atoms with Crippen molar-refractivity contribution < 1.29 is 19.4 Å². The Bertz CT molecular complexity index is 634. The lowest BCUT2D eigenvalue weighted by molar-refractivity contribution is -0.130. The van der Waals surface area contributed by atoms with Crippen molar-refractivity contribution in [2.45, 2.75) is 32.5 Å². The minimum absolute atomic E-state index is 0.0401. The lowest BCUT2D eigenvalue weighted by atomic mass is 9.99. The Kier molecular flexibility index (Phi) is 6.19. The molecular formula is C17H22Cl2N2O4. The Hall–Kier alpha value is -1.50. The summed E-state index contributed by atoms with van der Waals surface area (Å²) in [5.41, 5.74) is -0.0333. The molecule has 1 fully saturated rings. The number of ether oxygens (including phenoxy) is 1. The molecule has 1 saturated heterocycles. The molecule has 1 aromatic carbocycles. The number of carbonyl (C=O) groups is 2. The zero-order chi connectivity index (χ0) is 18.8. The van der Waals surface area contributed by atoms with Gasteiger partial charge in [0.2, 0.25) is 5.91 Å². The van der Waals surface area contributed by atoms with Crippen LogP contribution in [0.5, 0.6) is 0 Å². The number of nitrogens with zero attached hydrogens (tertiary/aromatic N) is 1. The molecule has 0 aliphatic carbocycles. The third-order valence-corrected chi connectivity index (χ3v) is 4.08. The Morgan fingerprint density at radius 3 is 2.36 bits per heavy atom. The van der Waals surface area contributed by atoms with Crippen molar-refractivity contribution in [2.75, 3.05) is 19.6 Å². The van der Waals surface area contributed by atoms with Gasteiger partial charge in [-0.3, -0.25) is 4.79 Å². The van der Waals surface area contributed by atoms with Crippen LogP contribution in [-0.4, -0.2) is 47.2 Å². The van der Waals surface area contributed by atoms with E-state index in [0.717, 1.165) is 0 Å². The molecule has 0 aromatic heterocycles. The zero-order valence-corrected chi connectivity index (χ0v) is 15.9. The number of likely N-dealkylation sites (tertiary alicyclic amines) is 1. The van der Waals surface area contributed by atoms with Gasteiger partial charge in [0.15, 0.2) is 0 Å². The molecule has 0 unspecified atom stereocenters. The van der Waals surface area contributed by atoms with Crippen molar-refractivity contribution in [1.82, 2.24) is 10.2 Å². The number of halogens is 2. The first-order chi connectivity index (χ1) is 11.5. The van der Waals surface area contributed by atoms with Crippen molar-refractivity contribution >= 4 is 35.2 Å². The maximum absolute atomic E-state index is 12.1. The van der Waals surface area contributed by atoms with Gasteiger partial charge in [-0.2, -0.15) is 0 Å². The lowest BCUT2D eigenvalue weighted by Crippen LogP contribution is -2.56. The second-order valence-electron chi connectivity index (χ2n) is 7.05. The van der Waals surface area contributed by atoms with E-state index in [2.05, 4.69) is 5.32 Å². The Morgan fingerprint density at radius 1 is 1.28 bits per heavy atom. The van der Waals surface area contributed by atoms with Gasteiger partial charge in [0.1, 0.15) is 5.60 Å². The van der Waals surface area contributed by atoms with Gasteiger partial charge in [0.05, 0.1) is 12.0 Å². The second kappa shape index (κ2) is 7.81. The molecule has 1 atom stereocenters. The van der Waals surface area contributed by atoms with E-state index in [1.165, 1.54) is 4.90 Å². The van der Waals surface area contributed by atoms with E-state index >= 15 is 0 Å². The van der Waals surface area contributed by atoms with Crippen LogP contribution in [0.3, 0.4) is 0 Å². The first-order valence-corrected chi connectivity index (χ1v) is 8.70. The van der Waals surface area contributed by atoms with Gasteiger partial charge < -0.3 is 20.1 Å². The third kappa shape index (κ3) is 5.76. The molecule has 6 nitrogen and oxygen atoms in total. The summed E-state index contributed by atoms with van der Waals surface area (Å²) in [6.07, 6.45) is -1.34. The second-order valence-corrected chi connectivity index (χ2v) is 7.92. The summed E-state index contributed by atoms with van der Waals surface area (Å²) in [6, 6.07) is 4.76. The van der Waals surface area contributed by atoms with Crippen LogP contribution in [0.15, 0.2) is 18.2 Å². The smallest absolute Gasteiger partial charge is 0.410 e. The summed E-state index contributed by atoms with van der Waals surface area (Å²) in [5.74, 6) is -0.519. The monoisotopic (exact) mass is 388 g/mol. The molecule has 0 bridgehead atoms. The number of hydrogen-bond acceptors (Lipinski definition) is 4. The van der Waals surface area contributed by atoms with E-state index in [1.807, 2.05) is 0 Å². The van der Waals surface area contributed by atoms with E-state index < -0.39 is 17.8 Å². The summed E-state index contributed by atoms with van der Waals surface area (Å²) in [4.78, 5) is 25.4. The first kappa shape index (κ1) is 19.8. The zero-order valence-electron chi connectivity index (χ0n) is 14.4. The minimum Gasteiger partial charge on any atom is -0.444 e. The summed E-state index contributed by atoms with van der Waals surface area (Å²) in [5, 5.41) is 13.7. The number of rotatable bonds is 4. The highest BCUT2D eigenvalue weighted by atomic mass is 35.5. The molecule has 0 spiro atoms. The standard InChI is InChI=1S/C17H22Cl2N2O4/c1-17(2,3)25-16(24)21-8-11(9-21)15(23)20-7-14(22)10-4-12(18)6-13(19)5-10/h4-6,11,14,22H,7-9H2,1-3H3,(H,20,23)/t14-/m0/s1. The summed E-state index contributed by atoms with van der Waals surface area (Å²) in [7, 11) is 0. The fraction of sp³-hybridized carbons (Fsp3) is 0.529. The molecule has 2 rings (SSSR count). The topological polar surface area (TPSA) is 78.9 Å². The quantitative estimate of drug-likeness (QED) is 0.830. The predicted molar refractivity (Wildman–Crippen MR) is 95.7 cm³/mol. The van der Waals surface area contributed by atoms with Crippen molar-refractivity contribution in [3.05, 3.63) is 33.8 Å². The van der Waals surface area contributed by atoms with Crippen molar-refractivity contribution in [3.8, 4) is 0 Å². The van der Waals surface area contributed by atoms with Crippen LogP contribution >= 0.6 is 23.2 Å². The minimum atomic E-state index is -0.915. The Balaban J connectivity index is 1.77. The Morgan fingerprint density at radius 2 is 1.84 bits per heavy atom. The molecule has 1 aliphatic rings. The molecule has 2 amide bonds. The van der Waals surface area contributed by atoms with Crippen LogP contribution in [-0.2, 0) is 9.53 Å². The average molecular weight is 389 g/mol. The molecule has 138 valence electrons. The maximum Gasteiger partial charge on any atom is 0.410 e. The summed E-state index contributed by atoms with van der Waals surface area (Å²) in [6.45, 7) is 6.02. The van der Waals surface area contributed by atoms with E-state index in [9.17, 15) is 14.7 Å². The van der Waals surface area contributed by atoms with E-state index in [1.54, 1.807) is 39.0 Å². The number of aliphatic hydroxyl groups excluding tert-OH is 1. The van der Waals surface area contributed by atoms with E-state index in [0.29, 0.717) is 28.7 Å². The van der Waals surface area contributed by atoms with Crippen molar-refractivity contribution in [2.24, 2.45) is 5.92 Å². The summed E-state index contributed by atoms with van der Waals surface area (Å²) >= 11 is 11.8. The van der Waals surface area contributed by atoms with E-state index in [-0.39, 0.29) is 18.4 Å². The number of hydrogen-bond donors (Lipinski definition) is 2. The third-order valence-electron chi connectivity index (χ3n) is 3.64. The number of benzene rings is 1. The Labute approximate surface area is 157 Å². The molecule has 0 radical (unpaired) electrons. The van der Waals surface area contributed by atoms with Crippen LogP contribution in [0, 0.1) is 5.92 Å². The largest absolute Gasteiger partial charge is 0.444 e. The highest BCUT2D eigenvalue weighted by Crippen LogP contribution is 2.24. The van der Waals surface area contributed by atoms with Crippen molar-refractivity contribution in [1.29, 1.82) is 0 Å². The van der Waals surface area contributed by atoms with Gasteiger partial charge in [0, 0.05) is 29.7 Å². The molecule has 1 aliphatic heterocycles. The van der Waals surface area contributed by atoms with Crippen LogP contribution in [0.4, 0.5) is 4.79 Å². The molecule has 1 heterocycles. The fourth-order valence-electron chi connectivity index (χ4n) is 2.35. The van der Waals surface area contributed by atoms with Crippen LogP contribution in [0.1, 0.15) is 32.4 Å². The first-order valence-electron chi connectivity index (χ1n) is 7.95. The normalized spacial score (nSPS) is 16.2. The molecule has 8 heteroatoms. The molecule has 25 heavy (non-hydrogen) atoms. The van der Waals surface area contributed by atoms with Crippen LogP contribution < -0.4 is 5.32 Å². The fourth-order valence-corrected chi connectivity index (χ4v) is 2.89. The van der Waals surface area contributed by atoms with Crippen LogP contribution in [0.2, 0.25) is 10.0 Å². The van der Waals surface area contributed by atoms with Gasteiger partial charge in [0.25, 0.3) is 0 Å². The number of carbonyl (C=O) groups excluding carboxylic acids is 2. The molecular weight excluding hydrogens is 367 g/mol. The number of amides is 2. The van der Waals surface area contributed by atoms with Crippen LogP contribution in [0.25, 0.3) is 0 Å². The number of nitrogens with one attached hydrogen (secondary N) is 1. The summed E-state index contributed by atoms with van der Waals surface area (Å²) < 4.78 is 5.24. The van der Waals surface area contributed by atoms with Gasteiger partial charge in [-0.1, -0.05) is 23.2 Å². The molecule has 0 saturated carbocycles. The predicted octanol–water partition coefficient (Wildman–Crippen LogP) is 3.01. The van der Waals surface area contributed by atoms with Gasteiger partial charge in [-0.25, -0.2) is 4.79 Å². The SMILES string of the molecule is CC(C)(C)OC(=O)N1CC(C(=O)NC[C@H](O)c2cc(Cl)cc(Cl)c2)C1. The van der Waals surface area contributed by atoms with Crippen molar-refractivity contribution in [3.63, 3.8) is 0 Å². The van der Waals surface area contributed by atoms with E-state index in [4.69, 9.17) is 27.9 Å². The molecule has 1 aromatic rings. The average Bonchev–Trinajstić information content (AvgIpc) is 2.39. The highest BCUT2D eigenvalue weighted by Gasteiger charge is 2.37. The highest BCUT2D eigenvalue weighted by molar-refractivity contribution is 6.34. The van der Waals surface area contributed by atoms with Gasteiger partial charge in [-0.15, -0.1) is 0 Å².